The van der Waals surface area contributed by atoms with Crippen molar-refractivity contribution in [2.75, 3.05) is 18.1 Å². The normalized spacial score (nSPS) is 11.4. The first-order valence-corrected chi connectivity index (χ1v) is 9.37. The van der Waals surface area contributed by atoms with Crippen molar-refractivity contribution in [1.82, 2.24) is 0 Å². The summed E-state index contributed by atoms with van der Waals surface area (Å²) in [5.41, 5.74) is -0.708. The second-order valence-corrected chi connectivity index (χ2v) is 7.78. The molecule has 0 saturated carbocycles. The maximum Gasteiger partial charge on any atom is 0.273 e. The van der Waals surface area contributed by atoms with Crippen molar-refractivity contribution in [1.29, 1.82) is 0 Å². The molecule has 118 valence electrons. The van der Waals surface area contributed by atoms with E-state index in [1.54, 1.807) is 11.8 Å². The van der Waals surface area contributed by atoms with Crippen molar-refractivity contribution in [2.45, 2.75) is 18.2 Å². The maximum atomic E-state index is 13.8. The number of hydrogen-bond donors (Lipinski definition) is 0. The lowest BCUT2D eigenvalue weighted by atomic mass is 10.3. The zero-order valence-electron chi connectivity index (χ0n) is 11.0. The Bertz CT molecular complexity index is 623. The predicted molar refractivity (Wildman–Crippen MR) is 79.2 cm³/mol. The molecule has 0 atom stereocenters. The van der Waals surface area contributed by atoms with Crippen molar-refractivity contribution < 1.29 is 22.5 Å². The topological polar surface area (TPSA) is 86.5 Å². The second-order valence-electron chi connectivity index (χ2n) is 3.85. The summed E-state index contributed by atoms with van der Waals surface area (Å²) < 4.78 is 41.7. The number of rotatable bonds is 8. The van der Waals surface area contributed by atoms with Crippen molar-refractivity contribution in [3.8, 4) is 5.75 Å². The summed E-state index contributed by atoms with van der Waals surface area (Å²) in [6, 6.07) is 1.28. The van der Waals surface area contributed by atoms with Crippen LogP contribution in [0.4, 0.5) is 10.1 Å². The highest BCUT2D eigenvalue weighted by molar-refractivity contribution is 8.13. The standard InChI is InChI=1S/C11H13ClFNO5S2/c1-2-20-5-3-4-19-11-9(13)6-8(14(15)16)7-10(11)21(12,17)18/h6-7H,2-5H2,1H3. The van der Waals surface area contributed by atoms with Gasteiger partial charge in [0.2, 0.25) is 0 Å². The number of non-ortho nitro benzene ring substituents is 1. The van der Waals surface area contributed by atoms with Gasteiger partial charge in [-0.15, -0.1) is 0 Å². The molecule has 0 heterocycles. The van der Waals surface area contributed by atoms with Crippen LogP contribution >= 0.6 is 22.4 Å². The Kier molecular flexibility index (Phi) is 6.69. The third kappa shape index (κ3) is 5.33. The molecule has 0 N–H and O–H groups in total. The van der Waals surface area contributed by atoms with Crippen LogP contribution in [-0.4, -0.2) is 31.5 Å². The van der Waals surface area contributed by atoms with Gasteiger partial charge in [0.25, 0.3) is 14.7 Å². The fourth-order valence-corrected chi connectivity index (χ4v) is 3.05. The van der Waals surface area contributed by atoms with Gasteiger partial charge in [-0.1, -0.05) is 6.92 Å². The highest BCUT2D eigenvalue weighted by Gasteiger charge is 2.25. The van der Waals surface area contributed by atoms with E-state index in [1.165, 1.54) is 0 Å². The Morgan fingerprint density at radius 2 is 2.14 bits per heavy atom. The van der Waals surface area contributed by atoms with Gasteiger partial charge in [0.15, 0.2) is 11.6 Å². The van der Waals surface area contributed by atoms with Gasteiger partial charge in [0.05, 0.1) is 17.6 Å². The Hall–Kier alpha value is -1.06. The van der Waals surface area contributed by atoms with E-state index in [1.807, 2.05) is 6.92 Å². The van der Waals surface area contributed by atoms with Crippen molar-refractivity contribution in [3.05, 3.63) is 28.1 Å². The molecule has 1 rings (SSSR count). The van der Waals surface area contributed by atoms with Gasteiger partial charge in [-0.25, -0.2) is 12.8 Å². The minimum absolute atomic E-state index is 0.0845. The number of nitro benzene ring substituents is 1. The summed E-state index contributed by atoms with van der Waals surface area (Å²) >= 11 is 1.66. The number of nitro groups is 1. The van der Waals surface area contributed by atoms with E-state index < -0.39 is 36.1 Å². The van der Waals surface area contributed by atoms with Gasteiger partial charge >= 0.3 is 0 Å². The van der Waals surface area contributed by atoms with Crippen LogP contribution in [0, 0.1) is 15.9 Å². The molecule has 21 heavy (non-hydrogen) atoms. The van der Waals surface area contributed by atoms with Crippen LogP contribution in [0.2, 0.25) is 0 Å². The molecule has 6 nitrogen and oxygen atoms in total. The number of ether oxygens (including phenoxy) is 1. The molecule has 0 bridgehead atoms. The average Bonchev–Trinajstić information content (AvgIpc) is 2.38. The number of thioether (sulfide) groups is 1. The number of hydrogen-bond acceptors (Lipinski definition) is 6. The molecule has 0 amide bonds. The summed E-state index contributed by atoms with van der Waals surface area (Å²) in [4.78, 5) is 8.99. The Morgan fingerprint density at radius 3 is 2.67 bits per heavy atom. The van der Waals surface area contributed by atoms with Crippen molar-refractivity contribution in [2.24, 2.45) is 0 Å². The van der Waals surface area contributed by atoms with Gasteiger partial charge in [-0.05, 0) is 17.9 Å². The van der Waals surface area contributed by atoms with Gasteiger partial charge in [0.1, 0.15) is 4.90 Å². The fraction of sp³-hybridized carbons (Fsp3) is 0.455. The van der Waals surface area contributed by atoms with Crippen LogP contribution in [0.5, 0.6) is 5.75 Å². The minimum atomic E-state index is -4.36. The van der Waals surface area contributed by atoms with Crippen LogP contribution in [0.1, 0.15) is 13.3 Å². The van der Waals surface area contributed by atoms with Gasteiger partial charge in [-0.3, -0.25) is 10.1 Å². The molecule has 0 radical (unpaired) electrons. The Morgan fingerprint density at radius 1 is 1.48 bits per heavy atom. The highest BCUT2D eigenvalue weighted by atomic mass is 35.7. The minimum Gasteiger partial charge on any atom is -0.489 e. The van der Waals surface area contributed by atoms with Crippen LogP contribution in [0.3, 0.4) is 0 Å². The van der Waals surface area contributed by atoms with Gasteiger partial charge < -0.3 is 4.74 Å². The fourth-order valence-electron chi connectivity index (χ4n) is 1.46. The lowest BCUT2D eigenvalue weighted by Crippen LogP contribution is -2.06. The van der Waals surface area contributed by atoms with Gasteiger partial charge in [-0.2, -0.15) is 11.8 Å². The molecule has 0 aliphatic heterocycles. The SMILES string of the molecule is CCSCCCOc1c(F)cc([N+](=O)[O-])cc1S(=O)(=O)Cl. The van der Waals surface area contributed by atoms with E-state index in [0.29, 0.717) is 18.6 Å². The molecule has 0 fully saturated rings. The van der Waals surface area contributed by atoms with Gasteiger partial charge in [0, 0.05) is 16.7 Å². The molecule has 0 aliphatic carbocycles. The Balaban J connectivity index is 3.04. The summed E-state index contributed by atoms with van der Waals surface area (Å²) in [6.45, 7) is 2.07. The summed E-state index contributed by atoms with van der Waals surface area (Å²) in [5.74, 6) is -0.0231. The molecule has 0 aliphatic rings. The van der Waals surface area contributed by atoms with E-state index in [-0.39, 0.29) is 6.61 Å². The van der Waals surface area contributed by atoms with E-state index in [0.717, 1.165) is 11.5 Å². The highest BCUT2D eigenvalue weighted by Crippen LogP contribution is 2.34. The number of halogens is 2. The van der Waals surface area contributed by atoms with Crippen LogP contribution in [0.25, 0.3) is 0 Å². The molecule has 0 unspecified atom stereocenters. The van der Waals surface area contributed by atoms with Crippen LogP contribution < -0.4 is 4.74 Å². The first-order valence-electron chi connectivity index (χ1n) is 5.90. The zero-order chi connectivity index (χ0) is 16.0. The number of nitrogens with zero attached hydrogens (tertiary/aromatic N) is 1. The van der Waals surface area contributed by atoms with Crippen molar-refractivity contribution >= 4 is 37.2 Å². The van der Waals surface area contributed by atoms with E-state index in [9.17, 15) is 22.9 Å². The van der Waals surface area contributed by atoms with E-state index >= 15 is 0 Å². The summed E-state index contributed by atoms with van der Waals surface area (Å²) in [6.07, 6.45) is 0.580. The average molecular weight is 358 g/mol. The molecule has 0 spiro atoms. The maximum absolute atomic E-state index is 13.8. The van der Waals surface area contributed by atoms with E-state index in [2.05, 4.69) is 0 Å². The first-order chi connectivity index (χ1) is 9.77. The van der Waals surface area contributed by atoms with Crippen LogP contribution in [-0.2, 0) is 9.05 Å². The largest absolute Gasteiger partial charge is 0.489 e. The molecular formula is C11H13ClFNO5S2. The summed E-state index contributed by atoms with van der Waals surface area (Å²) in [7, 11) is 0.812. The van der Waals surface area contributed by atoms with Crippen molar-refractivity contribution in [3.63, 3.8) is 0 Å². The monoisotopic (exact) mass is 357 g/mol. The van der Waals surface area contributed by atoms with E-state index in [4.69, 9.17) is 15.4 Å². The summed E-state index contributed by atoms with van der Waals surface area (Å²) in [5, 5.41) is 10.6. The lowest BCUT2D eigenvalue weighted by molar-refractivity contribution is -0.385. The third-order valence-electron chi connectivity index (χ3n) is 2.35. The molecule has 1 aromatic carbocycles. The second kappa shape index (κ2) is 7.81. The molecule has 0 saturated heterocycles. The Labute approximate surface area is 130 Å². The predicted octanol–water partition coefficient (Wildman–Crippen LogP) is 3.18. The number of benzene rings is 1. The van der Waals surface area contributed by atoms with Crippen LogP contribution in [0.15, 0.2) is 17.0 Å². The third-order valence-corrected chi connectivity index (χ3v) is 4.66. The zero-order valence-corrected chi connectivity index (χ0v) is 13.4. The quantitative estimate of drug-likeness (QED) is 0.307. The molecular weight excluding hydrogens is 345 g/mol. The molecule has 1 aromatic rings. The first kappa shape index (κ1) is 18.0. The lowest BCUT2D eigenvalue weighted by Gasteiger charge is -2.10. The smallest absolute Gasteiger partial charge is 0.273 e. The molecule has 0 aromatic heterocycles. The molecule has 10 heteroatoms.